The van der Waals surface area contributed by atoms with Gasteiger partial charge in [-0.2, -0.15) is 5.10 Å². The highest BCUT2D eigenvalue weighted by atomic mass is 79.9. The van der Waals surface area contributed by atoms with Gasteiger partial charge in [0, 0.05) is 21.2 Å². The topological polar surface area (TPSA) is 89.0 Å². The van der Waals surface area contributed by atoms with Crippen LogP contribution in [0.15, 0.2) is 70.2 Å². The van der Waals surface area contributed by atoms with E-state index < -0.39 is 11.9 Å². The summed E-state index contributed by atoms with van der Waals surface area (Å²) in [6.07, 6.45) is 1.94. The monoisotopic (exact) mass is 633 g/mol. The molecule has 0 spiro atoms. The second-order valence-corrected chi connectivity index (χ2v) is 10.7. The third-order valence-electron chi connectivity index (χ3n) is 5.49. The molecule has 0 aromatic heterocycles. The Balaban J connectivity index is 1.70. The fraction of sp³-hybridized carbons (Fsp3) is 0.276. The lowest BCUT2D eigenvalue weighted by molar-refractivity contribution is -0.123. The third kappa shape index (κ3) is 9.27. The number of nitrogens with zero attached hydrogens (tertiary/aromatic N) is 1. The lowest BCUT2D eigenvalue weighted by atomic mass is 10.0. The Bertz CT molecular complexity index is 1320. The first-order valence-corrected chi connectivity index (χ1v) is 13.9. The summed E-state index contributed by atoms with van der Waals surface area (Å²) in [5, 5.41) is 8.04. The fourth-order valence-electron chi connectivity index (χ4n) is 3.62. The average molecular weight is 635 g/mol. The van der Waals surface area contributed by atoms with E-state index in [4.69, 9.17) is 32.7 Å². The maximum atomic E-state index is 12.9. The van der Waals surface area contributed by atoms with Crippen LogP contribution in [0.25, 0.3) is 0 Å². The summed E-state index contributed by atoms with van der Waals surface area (Å²) >= 11 is 15.7. The molecule has 0 bridgehead atoms. The summed E-state index contributed by atoms with van der Waals surface area (Å²) in [5.74, 6) is 0.415. The van der Waals surface area contributed by atoms with E-state index in [2.05, 4.69) is 31.8 Å². The zero-order chi connectivity index (χ0) is 28.4. The van der Waals surface area contributed by atoms with Gasteiger partial charge in [0.25, 0.3) is 11.8 Å². The van der Waals surface area contributed by atoms with Gasteiger partial charge in [-0.25, -0.2) is 5.43 Å². The zero-order valence-electron chi connectivity index (χ0n) is 21.8. The molecule has 0 heterocycles. The molecule has 3 rings (SSSR count). The predicted molar refractivity (Wildman–Crippen MR) is 159 cm³/mol. The lowest BCUT2D eigenvalue weighted by Crippen LogP contribution is -2.46. The van der Waals surface area contributed by atoms with Crippen molar-refractivity contribution in [3.05, 3.63) is 91.9 Å². The standard InChI is InChI=1S/C29H30BrCl2N3O4/c1-4-38-26-15-19(14-23(30)27(26)39-17-21-7-5-6-8-24(21)32)16-33-35-29(37)25(13-18(2)3)34-28(36)20-9-11-22(31)12-10-20/h5-12,14-16,18,25H,4,13,17H2,1-3H3,(H,34,36)(H,35,37). The molecule has 1 atom stereocenters. The van der Waals surface area contributed by atoms with E-state index in [1.165, 1.54) is 6.21 Å². The van der Waals surface area contributed by atoms with Crippen molar-refractivity contribution in [2.75, 3.05) is 6.61 Å². The first-order chi connectivity index (χ1) is 18.7. The molecule has 0 saturated carbocycles. The SMILES string of the molecule is CCOc1cc(C=NNC(=O)C(CC(C)C)NC(=O)c2ccc(Cl)cc2)cc(Br)c1OCc1ccccc1Cl. The van der Waals surface area contributed by atoms with Crippen molar-refractivity contribution in [2.24, 2.45) is 11.0 Å². The largest absolute Gasteiger partial charge is 0.490 e. The quantitative estimate of drug-likeness (QED) is 0.165. The first-order valence-electron chi connectivity index (χ1n) is 12.4. The summed E-state index contributed by atoms with van der Waals surface area (Å²) in [6.45, 7) is 6.51. The first kappa shape index (κ1) is 30.5. The van der Waals surface area contributed by atoms with Crippen LogP contribution in [0.4, 0.5) is 0 Å². The maximum absolute atomic E-state index is 12.9. The van der Waals surface area contributed by atoms with E-state index in [0.29, 0.717) is 50.2 Å². The van der Waals surface area contributed by atoms with Gasteiger partial charge in [-0.05, 0) is 83.2 Å². The van der Waals surface area contributed by atoms with Gasteiger partial charge in [-0.3, -0.25) is 9.59 Å². The van der Waals surface area contributed by atoms with Gasteiger partial charge in [-0.1, -0.05) is 55.2 Å². The second kappa shape index (κ2) is 14.9. The van der Waals surface area contributed by atoms with E-state index in [-0.39, 0.29) is 18.4 Å². The molecule has 10 heteroatoms. The Labute approximate surface area is 247 Å². The van der Waals surface area contributed by atoms with Crippen LogP contribution in [0.1, 0.15) is 48.7 Å². The molecule has 0 radical (unpaired) electrons. The van der Waals surface area contributed by atoms with Crippen molar-refractivity contribution in [1.29, 1.82) is 0 Å². The number of ether oxygens (including phenoxy) is 2. The Morgan fingerprint density at radius 2 is 1.77 bits per heavy atom. The number of carbonyl (C=O) groups is 2. The third-order valence-corrected chi connectivity index (χ3v) is 6.69. The van der Waals surface area contributed by atoms with Gasteiger partial charge in [0.1, 0.15) is 12.6 Å². The molecule has 7 nitrogen and oxygen atoms in total. The summed E-state index contributed by atoms with van der Waals surface area (Å²) in [4.78, 5) is 25.6. The predicted octanol–water partition coefficient (Wildman–Crippen LogP) is 7.03. The van der Waals surface area contributed by atoms with Crippen molar-refractivity contribution in [3.8, 4) is 11.5 Å². The number of halogens is 3. The number of benzene rings is 3. The highest BCUT2D eigenvalue weighted by Crippen LogP contribution is 2.37. The number of hydrogen-bond acceptors (Lipinski definition) is 5. The number of hydrazone groups is 1. The molecule has 1 unspecified atom stereocenters. The normalized spacial score (nSPS) is 11.9. The Hall–Kier alpha value is -3.07. The van der Waals surface area contributed by atoms with Gasteiger partial charge in [0.15, 0.2) is 11.5 Å². The number of hydrogen-bond donors (Lipinski definition) is 2. The smallest absolute Gasteiger partial charge is 0.262 e. The van der Waals surface area contributed by atoms with Crippen LogP contribution in [0.3, 0.4) is 0 Å². The molecule has 0 aliphatic carbocycles. The summed E-state index contributed by atoms with van der Waals surface area (Å²) in [7, 11) is 0. The molecule has 2 amide bonds. The molecule has 0 aliphatic rings. The van der Waals surface area contributed by atoms with Gasteiger partial charge in [-0.15, -0.1) is 0 Å². The maximum Gasteiger partial charge on any atom is 0.262 e. The van der Waals surface area contributed by atoms with E-state index in [9.17, 15) is 9.59 Å². The molecular formula is C29H30BrCl2N3O4. The van der Waals surface area contributed by atoms with Gasteiger partial charge in [0.05, 0.1) is 17.3 Å². The molecule has 3 aromatic rings. The van der Waals surface area contributed by atoms with Crippen LogP contribution in [0.2, 0.25) is 10.0 Å². The Morgan fingerprint density at radius 1 is 1.05 bits per heavy atom. The molecule has 0 fully saturated rings. The number of carbonyl (C=O) groups excluding carboxylic acids is 2. The summed E-state index contributed by atoms with van der Waals surface area (Å²) < 4.78 is 12.5. The van der Waals surface area contributed by atoms with Gasteiger partial charge < -0.3 is 14.8 Å². The van der Waals surface area contributed by atoms with E-state index in [1.807, 2.05) is 39.0 Å². The minimum atomic E-state index is -0.767. The molecule has 39 heavy (non-hydrogen) atoms. The van der Waals surface area contributed by atoms with Crippen molar-refractivity contribution in [3.63, 3.8) is 0 Å². The van der Waals surface area contributed by atoms with E-state index in [0.717, 1.165) is 5.56 Å². The van der Waals surface area contributed by atoms with Crippen LogP contribution in [0.5, 0.6) is 11.5 Å². The fourth-order valence-corrected chi connectivity index (χ4v) is 4.52. The Morgan fingerprint density at radius 3 is 2.44 bits per heavy atom. The minimum absolute atomic E-state index is 0.165. The van der Waals surface area contributed by atoms with Gasteiger partial charge >= 0.3 is 0 Å². The van der Waals surface area contributed by atoms with Crippen LogP contribution in [-0.4, -0.2) is 30.7 Å². The van der Waals surface area contributed by atoms with Crippen molar-refractivity contribution in [2.45, 2.75) is 39.8 Å². The van der Waals surface area contributed by atoms with Crippen LogP contribution < -0.4 is 20.2 Å². The molecule has 206 valence electrons. The van der Waals surface area contributed by atoms with E-state index >= 15 is 0 Å². The molecule has 0 aliphatic heterocycles. The van der Waals surface area contributed by atoms with Crippen molar-refractivity contribution < 1.29 is 19.1 Å². The van der Waals surface area contributed by atoms with Crippen molar-refractivity contribution in [1.82, 2.24) is 10.7 Å². The van der Waals surface area contributed by atoms with E-state index in [1.54, 1.807) is 42.5 Å². The molecular weight excluding hydrogens is 605 g/mol. The Kier molecular flexibility index (Phi) is 11.7. The average Bonchev–Trinajstić information content (AvgIpc) is 2.89. The number of amides is 2. The molecule has 2 N–H and O–H groups in total. The lowest BCUT2D eigenvalue weighted by Gasteiger charge is -2.19. The summed E-state index contributed by atoms with van der Waals surface area (Å²) in [6, 6.07) is 16.7. The molecule has 0 saturated heterocycles. The van der Waals surface area contributed by atoms with Crippen LogP contribution in [-0.2, 0) is 11.4 Å². The number of nitrogens with one attached hydrogen (secondary N) is 2. The van der Waals surface area contributed by atoms with Crippen LogP contribution in [0, 0.1) is 5.92 Å². The number of rotatable bonds is 12. The van der Waals surface area contributed by atoms with Gasteiger partial charge in [0.2, 0.25) is 0 Å². The highest BCUT2D eigenvalue weighted by molar-refractivity contribution is 9.10. The van der Waals surface area contributed by atoms with Crippen LogP contribution >= 0.6 is 39.1 Å². The zero-order valence-corrected chi connectivity index (χ0v) is 24.9. The van der Waals surface area contributed by atoms with Crippen molar-refractivity contribution >= 4 is 57.2 Å². The highest BCUT2D eigenvalue weighted by Gasteiger charge is 2.22. The summed E-state index contributed by atoms with van der Waals surface area (Å²) in [5.41, 5.74) is 4.46. The second-order valence-electron chi connectivity index (χ2n) is 9.04. The minimum Gasteiger partial charge on any atom is -0.490 e. The molecule has 3 aromatic carbocycles.